The second-order valence-corrected chi connectivity index (χ2v) is 5.67. The van der Waals surface area contributed by atoms with Crippen molar-refractivity contribution in [3.05, 3.63) is 28.8 Å². The van der Waals surface area contributed by atoms with E-state index in [4.69, 9.17) is 16.7 Å². The summed E-state index contributed by atoms with van der Waals surface area (Å²) in [6.07, 6.45) is 1.000. The fraction of sp³-hybridized carbons (Fsp3) is 0.167. The van der Waals surface area contributed by atoms with Gasteiger partial charge in [-0.05, 0) is 18.2 Å². The Kier molecular flexibility index (Phi) is 4.81. The Hall–Kier alpha value is -2.06. The number of phenols is 1. The lowest BCUT2D eigenvalue weighted by atomic mass is 10.2. The number of amidine groups is 1. The third-order valence-corrected chi connectivity index (χ3v) is 3.78. The lowest BCUT2D eigenvalue weighted by Gasteiger charge is -1.98. The summed E-state index contributed by atoms with van der Waals surface area (Å²) in [5.41, 5.74) is 0.378. The number of rotatable bonds is 4. The van der Waals surface area contributed by atoms with E-state index in [1.165, 1.54) is 24.4 Å². The summed E-state index contributed by atoms with van der Waals surface area (Å²) >= 11 is 6.78. The number of phenolic OH excluding ortho intramolecular Hbond substituents is 1. The Morgan fingerprint density at radius 3 is 3.00 bits per heavy atom. The van der Waals surface area contributed by atoms with Crippen LogP contribution in [0.3, 0.4) is 0 Å². The van der Waals surface area contributed by atoms with Crippen molar-refractivity contribution < 1.29 is 19.8 Å². The van der Waals surface area contributed by atoms with E-state index in [9.17, 15) is 14.7 Å². The van der Waals surface area contributed by atoms with Crippen LogP contribution in [-0.4, -0.2) is 38.7 Å². The van der Waals surface area contributed by atoms with Crippen molar-refractivity contribution in [1.82, 2.24) is 5.32 Å². The zero-order valence-corrected chi connectivity index (χ0v) is 12.1. The second-order valence-electron chi connectivity index (χ2n) is 4.05. The SMILES string of the molecule is O=C(O)C[C@H]1S/C(=N\N=C\c2cc(Cl)ccc2O)NC1=O. The largest absolute Gasteiger partial charge is 0.507 e. The van der Waals surface area contributed by atoms with Crippen molar-refractivity contribution in [1.29, 1.82) is 0 Å². The minimum absolute atomic E-state index is 0.00443. The van der Waals surface area contributed by atoms with Crippen molar-refractivity contribution in [2.24, 2.45) is 10.2 Å². The molecule has 110 valence electrons. The van der Waals surface area contributed by atoms with Gasteiger partial charge in [-0.25, -0.2) is 0 Å². The van der Waals surface area contributed by atoms with E-state index in [0.29, 0.717) is 10.6 Å². The van der Waals surface area contributed by atoms with E-state index < -0.39 is 17.1 Å². The highest BCUT2D eigenvalue weighted by Crippen LogP contribution is 2.23. The molecule has 0 bridgehead atoms. The van der Waals surface area contributed by atoms with Gasteiger partial charge in [-0.1, -0.05) is 23.4 Å². The van der Waals surface area contributed by atoms with E-state index in [1.54, 1.807) is 0 Å². The normalized spacial score (nSPS) is 20.1. The average molecular weight is 328 g/mol. The molecule has 21 heavy (non-hydrogen) atoms. The van der Waals surface area contributed by atoms with Crippen LogP contribution in [0.25, 0.3) is 0 Å². The van der Waals surface area contributed by atoms with Gasteiger partial charge in [0.05, 0.1) is 12.6 Å². The van der Waals surface area contributed by atoms with Crippen LogP contribution in [0.1, 0.15) is 12.0 Å². The molecule has 0 saturated carbocycles. The highest BCUT2D eigenvalue weighted by Gasteiger charge is 2.32. The first-order chi connectivity index (χ1) is 9.95. The van der Waals surface area contributed by atoms with Crippen LogP contribution in [0.15, 0.2) is 28.4 Å². The number of nitrogens with zero attached hydrogens (tertiary/aromatic N) is 2. The highest BCUT2D eigenvalue weighted by molar-refractivity contribution is 8.15. The number of aromatic hydroxyl groups is 1. The van der Waals surface area contributed by atoms with Crippen molar-refractivity contribution in [2.75, 3.05) is 0 Å². The number of hydrogen-bond donors (Lipinski definition) is 3. The van der Waals surface area contributed by atoms with Gasteiger partial charge in [-0.2, -0.15) is 5.10 Å². The van der Waals surface area contributed by atoms with Crippen molar-refractivity contribution in [3.8, 4) is 5.75 Å². The van der Waals surface area contributed by atoms with Crippen LogP contribution in [0.2, 0.25) is 5.02 Å². The quantitative estimate of drug-likeness (QED) is 0.572. The number of halogens is 1. The van der Waals surface area contributed by atoms with Crippen LogP contribution < -0.4 is 5.32 Å². The maximum absolute atomic E-state index is 11.5. The summed E-state index contributed by atoms with van der Waals surface area (Å²) in [5.74, 6) is -1.48. The first-order valence-electron chi connectivity index (χ1n) is 5.74. The molecule has 9 heteroatoms. The molecule has 1 aliphatic rings. The lowest BCUT2D eigenvalue weighted by Crippen LogP contribution is -2.26. The van der Waals surface area contributed by atoms with E-state index >= 15 is 0 Å². The van der Waals surface area contributed by atoms with Crippen LogP contribution in [-0.2, 0) is 9.59 Å². The Labute approximate surface area is 128 Å². The topological polar surface area (TPSA) is 111 Å². The molecule has 1 saturated heterocycles. The smallest absolute Gasteiger partial charge is 0.305 e. The predicted octanol–water partition coefficient (Wildman–Crippen LogP) is 1.44. The minimum Gasteiger partial charge on any atom is -0.507 e. The summed E-state index contributed by atoms with van der Waals surface area (Å²) in [6.45, 7) is 0. The summed E-state index contributed by atoms with van der Waals surface area (Å²) in [4.78, 5) is 22.0. The van der Waals surface area contributed by atoms with Gasteiger partial charge < -0.3 is 15.5 Å². The number of amides is 1. The zero-order chi connectivity index (χ0) is 15.4. The van der Waals surface area contributed by atoms with Gasteiger partial charge in [0.1, 0.15) is 11.0 Å². The van der Waals surface area contributed by atoms with Gasteiger partial charge in [-0.15, -0.1) is 5.10 Å². The molecule has 0 radical (unpaired) electrons. The van der Waals surface area contributed by atoms with Gasteiger partial charge in [0, 0.05) is 10.6 Å². The van der Waals surface area contributed by atoms with Crippen molar-refractivity contribution in [2.45, 2.75) is 11.7 Å². The fourth-order valence-electron chi connectivity index (χ4n) is 1.52. The maximum Gasteiger partial charge on any atom is 0.305 e. The van der Waals surface area contributed by atoms with E-state index in [-0.39, 0.29) is 17.3 Å². The molecule has 1 amide bonds. The van der Waals surface area contributed by atoms with E-state index in [1.807, 2.05) is 0 Å². The van der Waals surface area contributed by atoms with Crippen LogP contribution >= 0.6 is 23.4 Å². The standard InChI is InChI=1S/C12H10ClN3O4S/c13-7-1-2-8(17)6(3-7)5-14-16-12-15-11(20)9(21-12)4-10(18)19/h1-3,5,9,17H,4H2,(H,18,19)(H,15,16,20)/b14-5+/t9-/m1/s1. The first-order valence-corrected chi connectivity index (χ1v) is 7.00. The maximum atomic E-state index is 11.5. The summed E-state index contributed by atoms with van der Waals surface area (Å²) in [6, 6.07) is 4.46. The molecule has 3 N–H and O–H groups in total. The number of aliphatic carboxylic acids is 1. The number of carboxylic acids is 1. The third kappa shape index (κ3) is 4.20. The van der Waals surface area contributed by atoms with Gasteiger partial charge in [0.15, 0.2) is 5.17 Å². The average Bonchev–Trinajstić information content (AvgIpc) is 2.73. The molecule has 1 aliphatic heterocycles. The second kappa shape index (κ2) is 6.59. The van der Waals surface area contributed by atoms with Gasteiger partial charge in [0.25, 0.3) is 0 Å². The zero-order valence-electron chi connectivity index (χ0n) is 10.5. The van der Waals surface area contributed by atoms with Gasteiger partial charge in [-0.3, -0.25) is 9.59 Å². The third-order valence-electron chi connectivity index (χ3n) is 2.47. The van der Waals surface area contributed by atoms with Crippen LogP contribution in [0.5, 0.6) is 5.75 Å². The number of benzene rings is 1. The van der Waals surface area contributed by atoms with E-state index in [2.05, 4.69) is 15.5 Å². The first kappa shape index (κ1) is 15.3. The Bertz CT molecular complexity index is 647. The van der Waals surface area contributed by atoms with Crippen molar-refractivity contribution in [3.63, 3.8) is 0 Å². The van der Waals surface area contributed by atoms with Crippen molar-refractivity contribution >= 4 is 46.6 Å². The number of carboxylic acid groups (broad SMARTS) is 1. The number of nitrogens with one attached hydrogen (secondary N) is 1. The number of hydrogen-bond acceptors (Lipinski definition) is 6. The predicted molar refractivity (Wildman–Crippen MR) is 79.9 cm³/mol. The summed E-state index contributed by atoms with van der Waals surface area (Å²) in [7, 11) is 0. The summed E-state index contributed by atoms with van der Waals surface area (Å²) in [5, 5.41) is 28.1. The lowest BCUT2D eigenvalue weighted by molar-refractivity contribution is -0.138. The molecule has 7 nitrogen and oxygen atoms in total. The van der Waals surface area contributed by atoms with Gasteiger partial charge in [0.2, 0.25) is 5.91 Å². The molecule has 0 aromatic heterocycles. The molecule has 1 aromatic rings. The molecular formula is C12H10ClN3O4S. The number of thioether (sulfide) groups is 1. The molecule has 0 spiro atoms. The Balaban J connectivity index is 2.05. The van der Waals surface area contributed by atoms with Crippen LogP contribution in [0.4, 0.5) is 0 Å². The molecular weight excluding hydrogens is 318 g/mol. The van der Waals surface area contributed by atoms with Crippen LogP contribution in [0, 0.1) is 0 Å². The molecule has 2 rings (SSSR count). The molecule has 0 unspecified atom stereocenters. The number of carbonyl (C=O) groups excluding carboxylic acids is 1. The van der Waals surface area contributed by atoms with E-state index in [0.717, 1.165) is 11.8 Å². The Morgan fingerprint density at radius 1 is 1.52 bits per heavy atom. The highest BCUT2D eigenvalue weighted by atomic mass is 35.5. The number of carbonyl (C=O) groups is 2. The molecule has 1 atom stereocenters. The van der Waals surface area contributed by atoms with Gasteiger partial charge >= 0.3 is 5.97 Å². The molecule has 1 fully saturated rings. The molecule has 1 aromatic carbocycles. The fourth-order valence-corrected chi connectivity index (χ4v) is 2.61. The Morgan fingerprint density at radius 2 is 2.29 bits per heavy atom. The molecule has 0 aliphatic carbocycles. The molecule has 1 heterocycles. The summed E-state index contributed by atoms with van der Waals surface area (Å²) < 4.78 is 0. The monoisotopic (exact) mass is 327 g/mol. The minimum atomic E-state index is -1.06.